The monoisotopic (exact) mass is 349 g/mol. The largest absolute Gasteiger partial charge is 0.462 e. The third kappa shape index (κ3) is 3.93. The van der Waals surface area contributed by atoms with Crippen molar-refractivity contribution in [2.75, 3.05) is 6.61 Å². The second-order valence-corrected chi connectivity index (χ2v) is 5.31. The van der Waals surface area contributed by atoms with Crippen molar-refractivity contribution in [3.05, 3.63) is 22.5 Å². The molecule has 2 aromatic heterocycles. The van der Waals surface area contributed by atoms with Crippen LogP contribution in [0.1, 0.15) is 35.8 Å². The van der Waals surface area contributed by atoms with Gasteiger partial charge in [-0.05, 0) is 20.3 Å². The van der Waals surface area contributed by atoms with E-state index in [2.05, 4.69) is 10.1 Å². The number of carbonyl (C=O) groups is 1. The molecule has 0 spiro atoms. The van der Waals surface area contributed by atoms with Crippen LogP contribution in [0, 0.1) is 6.92 Å². The molecule has 5 nitrogen and oxygen atoms in total. The molecule has 0 aliphatic heterocycles. The number of aromatic nitrogens is 3. The highest BCUT2D eigenvalue weighted by Gasteiger charge is 2.26. The van der Waals surface area contributed by atoms with Crippen LogP contribution in [0.25, 0.3) is 11.0 Å². The molecule has 9 heteroatoms. The fourth-order valence-corrected chi connectivity index (χ4v) is 2.54. The fourth-order valence-electron chi connectivity index (χ4n) is 2.19. The number of aryl methyl sites for hydroxylation is 2. The van der Waals surface area contributed by atoms with E-state index in [9.17, 15) is 18.0 Å². The van der Waals surface area contributed by atoms with Crippen molar-refractivity contribution < 1.29 is 22.7 Å². The lowest BCUT2D eigenvalue weighted by molar-refractivity contribution is -0.135. The van der Waals surface area contributed by atoms with E-state index < -0.39 is 18.6 Å². The third-order valence-corrected chi connectivity index (χ3v) is 3.61. The maximum absolute atomic E-state index is 12.2. The third-order valence-electron chi connectivity index (χ3n) is 3.21. The van der Waals surface area contributed by atoms with Gasteiger partial charge in [0.2, 0.25) is 0 Å². The number of ether oxygens (including phenoxy) is 1. The number of pyridine rings is 1. The summed E-state index contributed by atoms with van der Waals surface area (Å²) in [6.07, 6.45) is -3.83. The molecule has 0 saturated carbocycles. The van der Waals surface area contributed by atoms with Crippen LogP contribution >= 0.6 is 11.6 Å². The number of alkyl halides is 3. The Morgan fingerprint density at radius 1 is 1.43 bits per heavy atom. The lowest BCUT2D eigenvalue weighted by atomic mass is 10.1. The topological polar surface area (TPSA) is 57.0 Å². The maximum Gasteiger partial charge on any atom is 0.389 e. The van der Waals surface area contributed by atoms with Crippen molar-refractivity contribution in [3.8, 4) is 0 Å². The minimum atomic E-state index is -4.21. The molecule has 0 aliphatic carbocycles. The zero-order valence-electron chi connectivity index (χ0n) is 12.6. The van der Waals surface area contributed by atoms with Crippen molar-refractivity contribution in [2.24, 2.45) is 0 Å². The number of fused-ring (bicyclic) bond motifs is 1. The first kappa shape index (κ1) is 17.5. The van der Waals surface area contributed by atoms with Crippen molar-refractivity contribution in [1.82, 2.24) is 14.8 Å². The Morgan fingerprint density at radius 2 is 2.13 bits per heavy atom. The molecular formula is C14H15ClF3N3O2. The molecule has 23 heavy (non-hydrogen) atoms. The van der Waals surface area contributed by atoms with Crippen LogP contribution in [0.15, 0.2) is 6.20 Å². The molecule has 126 valence electrons. The SMILES string of the molecule is CCOC(=O)c1c(C)nc2c(cnn2CCCC(F)(F)F)c1Cl. The smallest absolute Gasteiger partial charge is 0.389 e. The highest BCUT2D eigenvalue weighted by molar-refractivity contribution is 6.38. The van der Waals surface area contributed by atoms with Crippen LogP contribution in [-0.4, -0.2) is 33.5 Å². The van der Waals surface area contributed by atoms with Gasteiger partial charge < -0.3 is 4.74 Å². The zero-order valence-corrected chi connectivity index (χ0v) is 13.3. The van der Waals surface area contributed by atoms with Gasteiger partial charge in [-0.1, -0.05) is 11.6 Å². The lowest BCUT2D eigenvalue weighted by Crippen LogP contribution is -2.11. The van der Waals surface area contributed by atoms with Crippen LogP contribution in [0.2, 0.25) is 5.02 Å². The van der Waals surface area contributed by atoms with Gasteiger partial charge in [0.25, 0.3) is 0 Å². The molecule has 0 bridgehead atoms. The summed E-state index contributed by atoms with van der Waals surface area (Å²) in [6, 6.07) is 0. The number of carbonyl (C=O) groups excluding carboxylic acids is 1. The first-order valence-electron chi connectivity index (χ1n) is 7.00. The average molecular weight is 350 g/mol. The number of hydrogen-bond donors (Lipinski definition) is 0. The summed E-state index contributed by atoms with van der Waals surface area (Å²) >= 11 is 6.22. The first-order chi connectivity index (χ1) is 10.7. The molecule has 0 unspecified atom stereocenters. The van der Waals surface area contributed by atoms with E-state index in [0.29, 0.717) is 16.7 Å². The Hall–Kier alpha value is -1.83. The summed E-state index contributed by atoms with van der Waals surface area (Å²) in [4.78, 5) is 16.2. The van der Waals surface area contributed by atoms with Crippen molar-refractivity contribution in [2.45, 2.75) is 39.4 Å². The van der Waals surface area contributed by atoms with Gasteiger partial charge in [0.1, 0.15) is 5.56 Å². The van der Waals surface area contributed by atoms with Crippen molar-refractivity contribution in [1.29, 1.82) is 0 Å². The van der Waals surface area contributed by atoms with Crippen LogP contribution in [0.3, 0.4) is 0 Å². The van der Waals surface area contributed by atoms with Gasteiger partial charge in [0.15, 0.2) is 5.65 Å². The molecule has 0 aliphatic rings. The van der Waals surface area contributed by atoms with E-state index in [0.717, 1.165) is 0 Å². The summed E-state index contributed by atoms with van der Waals surface area (Å²) in [5.41, 5.74) is 0.845. The van der Waals surface area contributed by atoms with Crippen LogP contribution in [-0.2, 0) is 11.3 Å². The average Bonchev–Trinajstić information content (AvgIpc) is 2.81. The molecule has 2 rings (SSSR count). The number of halogens is 4. The van der Waals surface area contributed by atoms with E-state index in [1.54, 1.807) is 13.8 Å². The van der Waals surface area contributed by atoms with E-state index in [4.69, 9.17) is 16.3 Å². The van der Waals surface area contributed by atoms with Crippen molar-refractivity contribution >= 4 is 28.6 Å². The van der Waals surface area contributed by atoms with Gasteiger partial charge in [-0.3, -0.25) is 0 Å². The molecule has 0 radical (unpaired) electrons. The second-order valence-electron chi connectivity index (χ2n) is 4.93. The fraction of sp³-hybridized carbons (Fsp3) is 0.500. The van der Waals surface area contributed by atoms with Crippen LogP contribution < -0.4 is 0 Å². The van der Waals surface area contributed by atoms with E-state index in [1.165, 1.54) is 10.9 Å². The molecule has 0 aromatic carbocycles. The van der Waals surface area contributed by atoms with Crippen molar-refractivity contribution in [3.63, 3.8) is 0 Å². The molecule has 2 heterocycles. The minimum absolute atomic E-state index is 0.0601. The molecular weight excluding hydrogens is 335 g/mol. The first-order valence-corrected chi connectivity index (χ1v) is 7.38. The second kappa shape index (κ2) is 6.74. The quantitative estimate of drug-likeness (QED) is 0.768. The van der Waals surface area contributed by atoms with Gasteiger partial charge in [-0.25, -0.2) is 14.5 Å². The predicted molar refractivity (Wildman–Crippen MR) is 78.5 cm³/mol. The van der Waals surface area contributed by atoms with Gasteiger partial charge in [-0.2, -0.15) is 18.3 Å². The molecule has 0 fully saturated rings. The number of rotatable bonds is 5. The van der Waals surface area contributed by atoms with Gasteiger partial charge in [0, 0.05) is 13.0 Å². The number of nitrogens with zero attached hydrogens (tertiary/aromatic N) is 3. The van der Waals surface area contributed by atoms with E-state index in [-0.39, 0.29) is 30.2 Å². The molecule has 0 amide bonds. The van der Waals surface area contributed by atoms with Crippen LogP contribution in [0.4, 0.5) is 13.2 Å². The number of hydrogen-bond acceptors (Lipinski definition) is 4. The Bertz CT molecular complexity index is 728. The van der Waals surface area contributed by atoms with E-state index in [1.807, 2.05) is 0 Å². The summed E-state index contributed by atoms with van der Waals surface area (Å²) in [7, 11) is 0. The summed E-state index contributed by atoms with van der Waals surface area (Å²) < 4.78 is 43.0. The Balaban J connectivity index is 2.33. The Morgan fingerprint density at radius 3 is 2.74 bits per heavy atom. The molecule has 0 saturated heterocycles. The Labute approximate surface area is 135 Å². The maximum atomic E-state index is 12.2. The zero-order chi connectivity index (χ0) is 17.2. The predicted octanol–water partition coefficient (Wildman–Crippen LogP) is 3.91. The Kier molecular flexibility index (Phi) is 5.13. The van der Waals surface area contributed by atoms with Gasteiger partial charge in [-0.15, -0.1) is 0 Å². The molecule has 0 N–H and O–H groups in total. The lowest BCUT2D eigenvalue weighted by Gasteiger charge is -2.10. The molecule has 0 atom stereocenters. The normalized spacial score (nSPS) is 11.9. The summed E-state index contributed by atoms with van der Waals surface area (Å²) in [5, 5.41) is 4.57. The standard InChI is InChI=1S/C14H15ClF3N3O2/c1-3-23-13(22)10-8(2)20-12-9(11(10)15)7-19-21(12)6-4-5-14(16,17)18/h7H,3-6H2,1-2H3. The minimum Gasteiger partial charge on any atom is -0.462 e. The summed E-state index contributed by atoms with van der Waals surface area (Å²) in [6.45, 7) is 3.52. The number of esters is 1. The van der Waals surface area contributed by atoms with Crippen LogP contribution in [0.5, 0.6) is 0 Å². The highest BCUT2D eigenvalue weighted by Crippen LogP contribution is 2.29. The molecule has 2 aromatic rings. The van der Waals surface area contributed by atoms with Gasteiger partial charge >= 0.3 is 12.1 Å². The van der Waals surface area contributed by atoms with E-state index >= 15 is 0 Å². The highest BCUT2D eigenvalue weighted by atomic mass is 35.5. The van der Waals surface area contributed by atoms with Gasteiger partial charge in [0.05, 0.1) is 28.9 Å². The summed E-state index contributed by atoms with van der Waals surface area (Å²) in [5.74, 6) is -0.589.